The van der Waals surface area contributed by atoms with E-state index in [9.17, 15) is 9.18 Å². The van der Waals surface area contributed by atoms with Gasteiger partial charge in [0.1, 0.15) is 5.82 Å². The van der Waals surface area contributed by atoms with Gasteiger partial charge in [0, 0.05) is 16.9 Å². The largest absolute Gasteiger partial charge is 0.398 e. The first-order valence-corrected chi connectivity index (χ1v) is 5.91. The zero-order valence-corrected chi connectivity index (χ0v) is 10.8. The number of benzene rings is 2. The van der Waals surface area contributed by atoms with Crippen LogP contribution in [0.15, 0.2) is 36.4 Å². The van der Waals surface area contributed by atoms with Crippen LogP contribution in [0.2, 0.25) is 0 Å². The molecule has 0 aliphatic carbocycles. The number of aryl methyl sites for hydroxylation is 2. The number of halogens is 1. The van der Waals surface area contributed by atoms with Crippen LogP contribution < -0.4 is 11.1 Å². The summed E-state index contributed by atoms with van der Waals surface area (Å²) in [6, 6.07) is 9.57. The number of carbonyl (C=O) groups excluding carboxylic acids is 1. The topological polar surface area (TPSA) is 55.1 Å². The van der Waals surface area contributed by atoms with Gasteiger partial charge in [-0.05, 0) is 55.3 Å². The molecule has 0 heterocycles. The van der Waals surface area contributed by atoms with Crippen LogP contribution in [0.25, 0.3) is 0 Å². The van der Waals surface area contributed by atoms with Crippen molar-refractivity contribution in [2.45, 2.75) is 13.8 Å². The van der Waals surface area contributed by atoms with Crippen molar-refractivity contribution in [2.75, 3.05) is 11.1 Å². The van der Waals surface area contributed by atoms with E-state index in [0.717, 1.165) is 5.56 Å². The predicted molar refractivity (Wildman–Crippen MR) is 74.7 cm³/mol. The quantitative estimate of drug-likeness (QED) is 0.812. The zero-order valence-electron chi connectivity index (χ0n) is 10.8. The van der Waals surface area contributed by atoms with E-state index in [0.29, 0.717) is 22.5 Å². The van der Waals surface area contributed by atoms with E-state index in [-0.39, 0.29) is 11.7 Å². The highest BCUT2D eigenvalue weighted by Gasteiger charge is 2.08. The Bertz CT molecular complexity index is 638. The Kier molecular flexibility index (Phi) is 3.51. The van der Waals surface area contributed by atoms with Gasteiger partial charge >= 0.3 is 0 Å². The Balaban J connectivity index is 2.20. The van der Waals surface area contributed by atoms with Crippen LogP contribution in [0, 0.1) is 19.7 Å². The van der Waals surface area contributed by atoms with E-state index >= 15 is 0 Å². The summed E-state index contributed by atoms with van der Waals surface area (Å²) in [4.78, 5) is 12.0. The van der Waals surface area contributed by atoms with Crippen LogP contribution in [-0.2, 0) is 0 Å². The average Bonchev–Trinajstić information content (AvgIpc) is 2.37. The third-order valence-electron chi connectivity index (χ3n) is 2.96. The normalized spacial score (nSPS) is 10.3. The van der Waals surface area contributed by atoms with E-state index < -0.39 is 0 Å². The predicted octanol–water partition coefficient (Wildman–Crippen LogP) is 3.28. The summed E-state index contributed by atoms with van der Waals surface area (Å²) in [5.41, 5.74) is 8.83. The summed E-state index contributed by atoms with van der Waals surface area (Å²) < 4.78 is 13.1. The number of anilines is 2. The van der Waals surface area contributed by atoms with Gasteiger partial charge in [-0.25, -0.2) is 4.39 Å². The SMILES string of the molecule is Cc1ccc(NC(=O)c2ccc(F)c(C)c2)cc1N. The molecule has 2 aromatic rings. The lowest BCUT2D eigenvalue weighted by atomic mass is 10.1. The zero-order chi connectivity index (χ0) is 14.0. The number of nitrogens with two attached hydrogens (primary N) is 1. The summed E-state index contributed by atoms with van der Waals surface area (Å²) >= 11 is 0. The highest BCUT2D eigenvalue weighted by molar-refractivity contribution is 6.04. The van der Waals surface area contributed by atoms with Crippen molar-refractivity contribution in [2.24, 2.45) is 0 Å². The molecule has 0 aromatic heterocycles. The van der Waals surface area contributed by atoms with Gasteiger partial charge < -0.3 is 11.1 Å². The van der Waals surface area contributed by atoms with E-state index in [1.165, 1.54) is 18.2 Å². The van der Waals surface area contributed by atoms with Crippen LogP contribution in [0.4, 0.5) is 15.8 Å². The number of hydrogen-bond acceptors (Lipinski definition) is 2. The molecule has 2 rings (SSSR count). The highest BCUT2D eigenvalue weighted by atomic mass is 19.1. The molecule has 19 heavy (non-hydrogen) atoms. The van der Waals surface area contributed by atoms with Gasteiger partial charge in [0.15, 0.2) is 0 Å². The lowest BCUT2D eigenvalue weighted by Gasteiger charge is -2.08. The lowest BCUT2D eigenvalue weighted by molar-refractivity contribution is 0.102. The Labute approximate surface area is 111 Å². The third kappa shape index (κ3) is 2.91. The second kappa shape index (κ2) is 5.10. The van der Waals surface area contributed by atoms with Crippen molar-refractivity contribution >= 4 is 17.3 Å². The Hall–Kier alpha value is -2.36. The van der Waals surface area contributed by atoms with Gasteiger partial charge in [0.2, 0.25) is 0 Å². The van der Waals surface area contributed by atoms with Crippen molar-refractivity contribution in [1.82, 2.24) is 0 Å². The number of hydrogen-bond donors (Lipinski definition) is 2. The molecule has 0 spiro atoms. The van der Waals surface area contributed by atoms with E-state index in [1.54, 1.807) is 19.1 Å². The molecule has 98 valence electrons. The van der Waals surface area contributed by atoms with Gasteiger partial charge in [0.25, 0.3) is 5.91 Å². The number of nitrogen functional groups attached to an aromatic ring is 1. The monoisotopic (exact) mass is 258 g/mol. The van der Waals surface area contributed by atoms with E-state index in [4.69, 9.17) is 5.73 Å². The third-order valence-corrected chi connectivity index (χ3v) is 2.96. The van der Waals surface area contributed by atoms with Gasteiger partial charge in [-0.3, -0.25) is 4.79 Å². The second-order valence-electron chi connectivity index (χ2n) is 4.49. The summed E-state index contributed by atoms with van der Waals surface area (Å²) in [6.45, 7) is 3.51. The fourth-order valence-corrected chi connectivity index (χ4v) is 1.71. The molecule has 0 aliphatic rings. The van der Waals surface area contributed by atoms with Crippen LogP contribution in [-0.4, -0.2) is 5.91 Å². The van der Waals surface area contributed by atoms with Crippen molar-refractivity contribution in [3.05, 3.63) is 58.9 Å². The van der Waals surface area contributed by atoms with Gasteiger partial charge in [-0.1, -0.05) is 6.07 Å². The molecule has 0 radical (unpaired) electrons. The first kappa shape index (κ1) is 13.1. The number of amides is 1. The fraction of sp³-hybridized carbons (Fsp3) is 0.133. The number of rotatable bonds is 2. The fourth-order valence-electron chi connectivity index (χ4n) is 1.71. The van der Waals surface area contributed by atoms with Crippen molar-refractivity contribution in [3.63, 3.8) is 0 Å². The minimum atomic E-state index is -0.323. The molecule has 2 aromatic carbocycles. The molecular formula is C15H15FN2O. The molecule has 4 heteroatoms. The Morgan fingerprint density at radius 3 is 2.47 bits per heavy atom. The van der Waals surface area contributed by atoms with E-state index in [1.807, 2.05) is 13.0 Å². The van der Waals surface area contributed by atoms with Gasteiger partial charge in [-0.2, -0.15) is 0 Å². The Morgan fingerprint density at radius 1 is 1.11 bits per heavy atom. The van der Waals surface area contributed by atoms with Crippen LogP contribution >= 0.6 is 0 Å². The first-order chi connectivity index (χ1) is 8.97. The molecule has 1 amide bonds. The van der Waals surface area contributed by atoms with Gasteiger partial charge in [-0.15, -0.1) is 0 Å². The molecule has 3 N–H and O–H groups in total. The molecule has 0 saturated carbocycles. The highest BCUT2D eigenvalue weighted by Crippen LogP contribution is 2.18. The molecule has 0 bridgehead atoms. The average molecular weight is 258 g/mol. The molecule has 0 fully saturated rings. The molecule has 0 atom stereocenters. The minimum Gasteiger partial charge on any atom is -0.398 e. The Morgan fingerprint density at radius 2 is 1.84 bits per heavy atom. The summed E-state index contributed by atoms with van der Waals surface area (Å²) in [7, 11) is 0. The van der Waals surface area contributed by atoms with Gasteiger partial charge in [0.05, 0.1) is 0 Å². The van der Waals surface area contributed by atoms with E-state index in [2.05, 4.69) is 5.32 Å². The number of carbonyl (C=O) groups is 1. The van der Waals surface area contributed by atoms with Crippen molar-refractivity contribution < 1.29 is 9.18 Å². The summed E-state index contributed by atoms with van der Waals surface area (Å²) in [6.07, 6.45) is 0. The van der Waals surface area contributed by atoms with Crippen LogP contribution in [0.3, 0.4) is 0 Å². The number of nitrogens with one attached hydrogen (secondary N) is 1. The summed E-state index contributed by atoms with van der Waals surface area (Å²) in [5.74, 6) is -0.609. The van der Waals surface area contributed by atoms with Crippen LogP contribution in [0.5, 0.6) is 0 Å². The lowest BCUT2D eigenvalue weighted by Crippen LogP contribution is -2.12. The molecule has 0 unspecified atom stereocenters. The maximum atomic E-state index is 13.1. The molecular weight excluding hydrogens is 243 g/mol. The first-order valence-electron chi connectivity index (χ1n) is 5.91. The van der Waals surface area contributed by atoms with Crippen LogP contribution in [0.1, 0.15) is 21.5 Å². The molecule has 0 aliphatic heterocycles. The maximum Gasteiger partial charge on any atom is 0.255 e. The maximum absolute atomic E-state index is 13.1. The smallest absolute Gasteiger partial charge is 0.255 e. The standard InChI is InChI=1S/C15H15FN2O/c1-9-3-5-12(8-14(9)17)18-15(19)11-4-6-13(16)10(2)7-11/h3-8H,17H2,1-2H3,(H,18,19). The second-order valence-corrected chi connectivity index (χ2v) is 4.49. The molecule has 0 saturated heterocycles. The minimum absolute atomic E-state index is 0.286. The van der Waals surface area contributed by atoms with Crippen molar-refractivity contribution in [3.8, 4) is 0 Å². The summed E-state index contributed by atoms with van der Waals surface area (Å²) in [5, 5.41) is 2.73. The van der Waals surface area contributed by atoms with Crippen molar-refractivity contribution in [1.29, 1.82) is 0 Å². The molecule has 3 nitrogen and oxygen atoms in total.